The summed E-state index contributed by atoms with van der Waals surface area (Å²) in [5.74, 6) is -0.131. The van der Waals surface area contributed by atoms with Crippen molar-refractivity contribution in [3.63, 3.8) is 0 Å². The van der Waals surface area contributed by atoms with Gasteiger partial charge in [0, 0.05) is 36.2 Å². The van der Waals surface area contributed by atoms with E-state index in [2.05, 4.69) is 10.2 Å². The van der Waals surface area contributed by atoms with E-state index in [-0.39, 0.29) is 17.8 Å². The number of amides is 1. The van der Waals surface area contributed by atoms with Gasteiger partial charge in [-0.2, -0.15) is 5.10 Å². The number of benzene rings is 1. The van der Waals surface area contributed by atoms with E-state index in [1.165, 1.54) is 12.1 Å². The second-order valence-electron chi connectivity index (χ2n) is 5.85. The average Bonchev–Trinajstić information content (AvgIpc) is 3.02. The van der Waals surface area contributed by atoms with Crippen LogP contribution in [0.15, 0.2) is 24.3 Å². The number of hydrogen-bond donors (Lipinski definition) is 1. The highest BCUT2D eigenvalue weighted by molar-refractivity contribution is 5.76. The fraction of sp³-hybridized carbons (Fsp3) is 0.375. The molecular formula is C16H16FN3O. The maximum absolute atomic E-state index is 13.1. The second-order valence-corrected chi connectivity index (χ2v) is 5.85. The van der Waals surface area contributed by atoms with Crippen LogP contribution in [0.3, 0.4) is 0 Å². The molecule has 1 aromatic heterocycles. The Bertz CT molecular complexity index is 707. The number of halogens is 1. The highest BCUT2D eigenvalue weighted by Crippen LogP contribution is 2.46. The van der Waals surface area contributed by atoms with Gasteiger partial charge in [0.05, 0.1) is 11.7 Å². The van der Waals surface area contributed by atoms with Gasteiger partial charge in [0.15, 0.2) is 0 Å². The van der Waals surface area contributed by atoms with Crippen molar-refractivity contribution in [2.24, 2.45) is 0 Å². The number of hydrogen-bond acceptors (Lipinski definition) is 2. The first-order valence-electron chi connectivity index (χ1n) is 7.27. The predicted molar refractivity (Wildman–Crippen MR) is 76.0 cm³/mol. The van der Waals surface area contributed by atoms with Gasteiger partial charge >= 0.3 is 0 Å². The third kappa shape index (κ3) is 1.80. The van der Waals surface area contributed by atoms with E-state index in [4.69, 9.17) is 0 Å². The van der Waals surface area contributed by atoms with Crippen molar-refractivity contribution >= 4 is 5.91 Å². The molecule has 2 atom stereocenters. The van der Waals surface area contributed by atoms with Crippen molar-refractivity contribution in [3.05, 3.63) is 41.3 Å². The number of rotatable bonds is 1. The molecule has 108 valence electrons. The quantitative estimate of drug-likeness (QED) is 0.876. The third-order valence-electron chi connectivity index (χ3n) is 4.64. The van der Waals surface area contributed by atoms with Gasteiger partial charge in [-0.25, -0.2) is 4.39 Å². The van der Waals surface area contributed by atoms with Crippen LogP contribution in [0.5, 0.6) is 0 Å². The van der Waals surface area contributed by atoms with Crippen molar-refractivity contribution in [1.29, 1.82) is 0 Å². The lowest BCUT2D eigenvalue weighted by Crippen LogP contribution is -2.40. The van der Waals surface area contributed by atoms with Gasteiger partial charge in [0.1, 0.15) is 5.82 Å². The number of H-pyrrole nitrogens is 1. The Hall–Kier alpha value is -2.17. The molecule has 0 radical (unpaired) electrons. The van der Waals surface area contributed by atoms with Crippen LogP contribution in [-0.4, -0.2) is 27.0 Å². The molecule has 4 rings (SSSR count). The summed E-state index contributed by atoms with van der Waals surface area (Å²) in [6, 6.07) is 6.77. The lowest BCUT2D eigenvalue weighted by molar-refractivity contribution is -0.132. The zero-order valence-electron chi connectivity index (χ0n) is 11.8. The van der Waals surface area contributed by atoms with Crippen LogP contribution in [-0.2, 0) is 11.2 Å². The molecule has 1 fully saturated rings. The van der Waals surface area contributed by atoms with Gasteiger partial charge in [0.25, 0.3) is 0 Å². The zero-order chi connectivity index (χ0) is 14.6. The maximum atomic E-state index is 13.1. The minimum absolute atomic E-state index is 0.107. The number of carbonyl (C=O) groups is 1. The van der Waals surface area contributed by atoms with Gasteiger partial charge in [-0.3, -0.25) is 9.89 Å². The van der Waals surface area contributed by atoms with Gasteiger partial charge < -0.3 is 4.90 Å². The number of fused-ring (bicyclic) bond motifs is 4. The number of aromatic nitrogens is 2. The largest absolute Gasteiger partial charge is 0.332 e. The Morgan fingerprint density at radius 2 is 2.10 bits per heavy atom. The monoisotopic (exact) mass is 285 g/mol. The smallest absolute Gasteiger partial charge is 0.220 e. The van der Waals surface area contributed by atoms with Gasteiger partial charge in [-0.05, 0) is 37.1 Å². The molecule has 3 heterocycles. The van der Waals surface area contributed by atoms with E-state index in [0.29, 0.717) is 6.04 Å². The summed E-state index contributed by atoms with van der Waals surface area (Å²) in [7, 11) is 0. The van der Waals surface area contributed by atoms with Crippen LogP contribution in [0.1, 0.15) is 37.1 Å². The standard InChI is InChI=1S/C16H16FN3O/c1-9(21)20-12-6-7-14(20)15-13(8-12)18-19-16(15)10-2-4-11(17)5-3-10/h2-5,12,14H,6-8H2,1H3,(H,18,19). The van der Waals surface area contributed by atoms with Crippen molar-refractivity contribution in [2.75, 3.05) is 0 Å². The van der Waals surface area contributed by atoms with Crippen molar-refractivity contribution in [2.45, 2.75) is 38.3 Å². The molecule has 0 spiro atoms. The normalized spacial score (nSPS) is 23.2. The van der Waals surface area contributed by atoms with Crippen LogP contribution in [0, 0.1) is 5.82 Å². The number of carbonyl (C=O) groups excluding carboxylic acids is 1. The summed E-state index contributed by atoms with van der Waals surface area (Å²) in [6.07, 6.45) is 2.85. The fourth-order valence-electron chi connectivity index (χ4n) is 3.81. The van der Waals surface area contributed by atoms with Crippen LogP contribution >= 0.6 is 0 Å². The number of nitrogens with zero attached hydrogens (tertiary/aromatic N) is 2. The Morgan fingerprint density at radius 3 is 2.81 bits per heavy atom. The molecule has 2 bridgehead atoms. The van der Waals surface area contributed by atoms with Crippen molar-refractivity contribution in [1.82, 2.24) is 15.1 Å². The summed E-state index contributed by atoms with van der Waals surface area (Å²) < 4.78 is 13.1. The fourth-order valence-corrected chi connectivity index (χ4v) is 3.81. The van der Waals surface area contributed by atoms with E-state index in [0.717, 1.165) is 41.8 Å². The Labute approximate surface area is 122 Å². The summed E-state index contributed by atoms with van der Waals surface area (Å²) in [4.78, 5) is 13.9. The molecule has 1 N–H and O–H groups in total. The first-order chi connectivity index (χ1) is 10.1. The maximum Gasteiger partial charge on any atom is 0.220 e. The van der Waals surface area contributed by atoms with Gasteiger partial charge in [-0.1, -0.05) is 0 Å². The van der Waals surface area contributed by atoms with E-state index in [1.54, 1.807) is 19.1 Å². The van der Waals surface area contributed by atoms with Crippen LogP contribution in [0.4, 0.5) is 4.39 Å². The molecule has 2 aliphatic rings. The molecule has 5 heteroatoms. The second kappa shape index (κ2) is 4.41. The predicted octanol–water partition coefficient (Wildman–Crippen LogP) is 2.82. The highest BCUT2D eigenvalue weighted by Gasteiger charge is 2.43. The van der Waals surface area contributed by atoms with Crippen molar-refractivity contribution < 1.29 is 9.18 Å². The van der Waals surface area contributed by atoms with Gasteiger partial charge in [0.2, 0.25) is 5.91 Å². The van der Waals surface area contributed by atoms with Gasteiger partial charge in [-0.15, -0.1) is 0 Å². The van der Waals surface area contributed by atoms with Crippen LogP contribution in [0.25, 0.3) is 11.3 Å². The molecule has 21 heavy (non-hydrogen) atoms. The first-order valence-corrected chi connectivity index (χ1v) is 7.27. The van der Waals surface area contributed by atoms with E-state index >= 15 is 0 Å². The zero-order valence-corrected chi connectivity index (χ0v) is 11.8. The minimum atomic E-state index is -0.255. The third-order valence-corrected chi connectivity index (χ3v) is 4.64. The minimum Gasteiger partial charge on any atom is -0.332 e. The molecule has 4 nitrogen and oxygen atoms in total. The van der Waals surface area contributed by atoms with E-state index < -0.39 is 0 Å². The summed E-state index contributed by atoms with van der Waals surface area (Å²) in [5, 5.41) is 7.54. The first kappa shape index (κ1) is 12.6. The van der Waals surface area contributed by atoms with Crippen molar-refractivity contribution in [3.8, 4) is 11.3 Å². The van der Waals surface area contributed by atoms with E-state index in [1.807, 2.05) is 4.90 Å². The Morgan fingerprint density at radius 1 is 1.33 bits per heavy atom. The average molecular weight is 285 g/mol. The van der Waals surface area contributed by atoms with E-state index in [9.17, 15) is 9.18 Å². The molecule has 1 saturated heterocycles. The lowest BCUT2D eigenvalue weighted by Gasteiger charge is -2.34. The SMILES string of the molecule is CC(=O)N1C2CCC1c1c(-c3ccc(F)cc3)n[nH]c1C2. The van der Waals surface area contributed by atoms with Crippen LogP contribution < -0.4 is 0 Å². The molecule has 1 amide bonds. The topological polar surface area (TPSA) is 49.0 Å². The number of nitrogens with one attached hydrogen (secondary N) is 1. The van der Waals surface area contributed by atoms with Crippen LogP contribution in [0.2, 0.25) is 0 Å². The summed E-state index contributed by atoms with van der Waals surface area (Å²) in [5.41, 5.74) is 3.98. The Balaban J connectivity index is 1.82. The highest BCUT2D eigenvalue weighted by atomic mass is 19.1. The molecule has 2 aliphatic heterocycles. The molecule has 0 aliphatic carbocycles. The number of aromatic amines is 1. The summed E-state index contributed by atoms with van der Waals surface area (Å²) in [6.45, 7) is 1.63. The molecule has 1 aromatic carbocycles. The summed E-state index contributed by atoms with van der Waals surface area (Å²) >= 11 is 0. The molecular weight excluding hydrogens is 269 g/mol. The molecule has 2 unspecified atom stereocenters. The molecule has 2 aromatic rings. The lowest BCUT2D eigenvalue weighted by atomic mass is 9.94. The Kier molecular flexibility index (Phi) is 2.64. The molecule has 0 saturated carbocycles.